The van der Waals surface area contributed by atoms with Crippen molar-refractivity contribution < 1.29 is 22.7 Å². The molecule has 0 fully saturated rings. The highest BCUT2D eigenvalue weighted by molar-refractivity contribution is 9.10. The van der Waals surface area contributed by atoms with Gasteiger partial charge in [0.05, 0.1) is 0 Å². The van der Waals surface area contributed by atoms with Crippen molar-refractivity contribution in [2.45, 2.75) is 32.7 Å². The quantitative estimate of drug-likeness (QED) is 0.427. The van der Waals surface area contributed by atoms with Crippen molar-refractivity contribution in [3.05, 3.63) is 81.6 Å². The van der Waals surface area contributed by atoms with E-state index in [0.29, 0.717) is 36.6 Å². The second kappa shape index (κ2) is 10.00. The summed E-state index contributed by atoms with van der Waals surface area (Å²) in [5.41, 5.74) is 0.858. The summed E-state index contributed by atoms with van der Waals surface area (Å²) in [6, 6.07) is 15.6. The third-order valence-electron chi connectivity index (χ3n) is 4.49. The number of aromatic nitrogens is 2. The first-order chi connectivity index (χ1) is 14.7. The molecule has 0 aliphatic rings. The molecule has 0 saturated carbocycles. The lowest BCUT2D eigenvalue weighted by Crippen LogP contribution is -2.25. The minimum atomic E-state index is -4.46. The van der Waals surface area contributed by atoms with Crippen LogP contribution in [0.15, 0.2) is 59.1 Å². The van der Waals surface area contributed by atoms with Gasteiger partial charge in [-0.25, -0.2) is 0 Å². The monoisotopic (exact) mass is 495 g/mol. The Labute approximate surface area is 186 Å². The van der Waals surface area contributed by atoms with Gasteiger partial charge >= 0.3 is 6.18 Å². The van der Waals surface area contributed by atoms with Crippen molar-refractivity contribution in [1.82, 2.24) is 15.1 Å². The zero-order valence-electron chi connectivity index (χ0n) is 16.7. The molecule has 3 aromatic rings. The molecule has 1 amide bonds. The van der Waals surface area contributed by atoms with Crippen molar-refractivity contribution >= 4 is 21.8 Å². The SMILES string of the molecule is Cc1cc(C(F)(F)F)nn1CCCNC(=O)c1cccc(COc2cccc(Br)c2)c1. The van der Waals surface area contributed by atoms with Gasteiger partial charge in [0.15, 0.2) is 5.69 Å². The molecule has 0 aliphatic carbocycles. The van der Waals surface area contributed by atoms with Crippen molar-refractivity contribution in [3.63, 3.8) is 0 Å². The average Bonchev–Trinajstić information content (AvgIpc) is 3.11. The minimum absolute atomic E-state index is 0.252. The van der Waals surface area contributed by atoms with Gasteiger partial charge < -0.3 is 10.1 Å². The maximum Gasteiger partial charge on any atom is 0.435 e. The van der Waals surface area contributed by atoms with E-state index in [-0.39, 0.29) is 12.5 Å². The summed E-state index contributed by atoms with van der Waals surface area (Å²) in [6.45, 7) is 2.49. The van der Waals surface area contributed by atoms with E-state index < -0.39 is 11.9 Å². The molecule has 0 atom stereocenters. The maximum atomic E-state index is 12.7. The number of amides is 1. The molecule has 0 aliphatic heterocycles. The topological polar surface area (TPSA) is 56.2 Å². The lowest BCUT2D eigenvalue weighted by atomic mass is 10.1. The van der Waals surface area contributed by atoms with E-state index in [1.54, 1.807) is 25.1 Å². The summed E-state index contributed by atoms with van der Waals surface area (Å²) in [6.07, 6.45) is -4.01. The Balaban J connectivity index is 1.48. The van der Waals surface area contributed by atoms with Gasteiger partial charge in [0.1, 0.15) is 12.4 Å². The largest absolute Gasteiger partial charge is 0.489 e. The number of carbonyl (C=O) groups is 1. The Kier molecular flexibility index (Phi) is 7.37. The molecule has 3 rings (SSSR count). The van der Waals surface area contributed by atoms with Crippen LogP contribution in [0.3, 0.4) is 0 Å². The summed E-state index contributed by atoms with van der Waals surface area (Å²) in [5.74, 6) is 0.462. The van der Waals surface area contributed by atoms with Gasteiger partial charge in [0.25, 0.3) is 5.91 Å². The predicted octanol–water partition coefficient (Wildman–Crippen LogP) is 5.37. The second-order valence-electron chi connectivity index (χ2n) is 6.95. The van der Waals surface area contributed by atoms with Crippen LogP contribution in [0, 0.1) is 6.92 Å². The number of carbonyl (C=O) groups excluding carboxylic acids is 1. The smallest absolute Gasteiger partial charge is 0.435 e. The van der Waals surface area contributed by atoms with Crippen molar-refractivity contribution in [2.75, 3.05) is 6.54 Å². The van der Waals surface area contributed by atoms with Gasteiger partial charge in [-0.15, -0.1) is 0 Å². The van der Waals surface area contributed by atoms with Crippen LogP contribution in [-0.2, 0) is 19.3 Å². The first-order valence-electron chi connectivity index (χ1n) is 9.59. The second-order valence-corrected chi connectivity index (χ2v) is 7.86. The summed E-state index contributed by atoms with van der Waals surface area (Å²) in [7, 11) is 0. The van der Waals surface area contributed by atoms with Gasteiger partial charge in [-0.3, -0.25) is 9.48 Å². The Bertz CT molecular complexity index is 1050. The summed E-state index contributed by atoms with van der Waals surface area (Å²) < 4.78 is 46.1. The van der Waals surface area contributed by atoms with Crippen LogP contribution in [0.4, 0.5) is 13.2 Å². The normalized spacial score (nSPS) is 11.4. The fourth-order valence-corrected chi connectivity index (χ4v) is 3.31. The molecule has 0 spiro atoms. The minimum Gasteiger partial charge on any atom is -0.489 e. The highest BCUT2D eigenvalue weighted by Gasteiger charge is 2.34. The highest BCUT2D eigenvalue weighted by Crippen LogP contribution is 2.28. The zero-order valence-corrected chi connectivity index (χ0v) is 18.3. The van der Waals surface area contributed by atoms with Gasteiger partial charge in [0.2, 0.25) is 0 Å². The Hall–Kier alpha value is -2.81. The Morgan fingerprint density at radius 3 is 2.65 bits per heavy atom. The van der Waals surface area contributed by atoms with Crippen LogP contribution in [0.1, 0.15) is 33.7 Å². The number of aryl methyl sites for hydroxylation is 2. The molecule has 0 saturated heterocycles. The molecular formula is C22H21BrF3N3O2. The van der Waals surface area contributed by atoms with Crippen LogP contribution < -0.4 is 10.1 Å². The number of benzene rings is 2. The number of ether oxygens (including phenoxy) is 1. The number of hydrogen-bond donors (Lipinski definition) is 1. The van der Waals surface area contributed by atoms with E-state index in [2.05, 4.69) is 26.3 Å². The number of nitrogens with one attached hydrogen (secondary N) is 1. The van der Waals surface area contributed by atoms with E-state index in [1.807, 2.05) is 30.3 Å². The Morgan fingerprint density at radius 1 is 1.16 bits per heavy atom. The molecule has 0 unspecified atom stereocenters. The van der Waals surface area contributed by atoms with Crippen LogP contribution in [0.25, 0.3) is 0 Å². The van der Waals surface area contributed by atoms with E-state index in [4.69, 9.17) is 4.74 Å². The lowest BCUT2D eigenvalue weighted by molar-refractivity contribution is -0.141. The molecule has 9 heteroatoms. The molecule has 0 radical (unpaired) electrons. The summed E-state index contributed by atoms with van der Waals surface area (Å²) in [5, 5.41) is 6.37. The number of alkyl halides is 3. The number of nitrogens with zero attached hydrogens (tertiary/aromatic N) is 2. The van der Waals surface area contributed by atoms with Crippen LogP contribution in [0.2, 0.25) is 0 Å². The van der Waals surface area contributed by atoms with Crippen LogP contribution in [-0.4, -0.2) is 22.2 Å². The van der Waals surface area contributed by atoms with Gasteiger partial charge in [-0.2, -0.15) is 18.3 Å². The van der Waals surface area contributed by atoms with E-state index in [9.17, 15) is 18.0 Å². The van der Waals surface area contributed by atoms with Crippen molar-refractivity contribution in [3.8, 4) is 5.75 Å². The zero-order chi connectivity index (χ0) is 22.4. The van der Waals surface area contributed by atoms with E-state index in [0.717, 1.165) is 16.1 Å². The summed E-state index contributed by atoms with van der Waals surface area (Å²) >= 11 is 3.39. The van der Waals surface area contributed by atoms with Gasteiger partial charge in [-0.05, 0) is 55.3 Å². The average molecular weight is 496 g/mol. The molecule has 31 heavy (non-hydrogen) atoms. The maximum absolute atomic E-state index is 12.7. The first kappa shape index (κ1) is 22.9. The van der Waals surface area contributed by atoms with Crippen LogP contribution >= 0.6 is 15.9 Å². The predicted molar refractivity (Wildman–Crippen MR) is 114 cm³/mol. The number of rotatable bonds is 8. The Morgan fingerprint density at radius 2 is 1.94 bits per heavy atom. The van der Waals surface area contributed by atoms with Gasteiger partial charge in [-0.1, -0.05) is 34.1 Å². The number of halogens is 4. The molecule has 1 heterocycles. The lowest BCUT2D eigenvalue weighted by Gasteiger charge is -2.09. The first-order valence-corrected chi connectivity index (χ1v) is 10.4. The van der Waals surface area contributed by atoms with E-state index in [1.165, 1.54) is 4.68 Å². The summed E-state index contributed by atoms with van der Waals surface area (Å²) in [4.78, 5) is 12.4. The fraction of sp³-hybridized carbons (Fsp3) is 0.273. The third kappa shape index (κ3) is 6.58. The van der Waals surface area contributed by atoms with Crippen molar-refractivity contribution in [2.24, 2.45) is 0 Å². The molecule has 2 aromatic carbocycles. The van der Waals surface area contributed by atoms with Crippen LogP contribution in [0.5, 0.6) is 5.75 Å². The molecule has 5 nitrogen and oxygen atoms in total. The standard InChI is InChI=1S/C22H21BrF3N3O2/c1-15-11-20(22(24,25)26)28-29(15)10-4-9-27-21(30)17-6-2-5-16(12-17)14-31-19-8-3-7-18(23)13-19/h2-3,5-8,11-13H,4,9-10,14H2,1H3,(H,27,30). The molecular weight excluding hydrogens is 475 g/mol. The molecule has 1 N–H and O–H groups in total. The molecule has 164 valence electrons. The number of hydrogen-bond acceptors (Lipinski definition) is 3. The molecule has 1 aromatic heterocycles. The van der Waals surface area contributed by atoms with Gasteiger partial charge in [0, 0.05) is 28.8 Å². The third-order valence-corrected chi connectivity index (χ3v) is 4.99. The van der Waals surface area contributed by atoms with E-state index >= 15 is 0 Å². The highest BCUT2D eigenvalue weighted by atomic mass is 79.9. The van der Waals surface area contributed by atoms with Crippen molar-refractivity contribution in [1.29, 1.82) is 0 Å². The molecule has 0 bridgehead atoms. The fourth-order valence-electron chi connectivity index (χ4n) is 2.93.